The second-order valence-corrected chi connectivity index (χ2v) is 9.52. The van der Waals surface area contributed by atoms with Crippen LogP contribution in [-0.4, -0.2) is 59.8 Å². The molecular formula is C23H30N8O2. The summed E-state index contributed by atoms with van der Waals surface area (Å²) in [7, 11) is 1.62. The smallest absolute Gasteiger partial charge is 0.223 e. The molecule has 1 saturated heterocycles. The van der Waals surface area contributed by atoms with Crippen molar-refractivity contribution >= 4 is 28.2 Å². The lowest BCUT2D eigenvalue weighted by atomic mass is 9.92. The lowest BCUT2D eigenvalue weighted by Gasteiger charge is -2.37. The number of ether oxygens (including phenoxy) is 1. The molecule has 4 aromatic rings. The Balaban J connectivity index is 1.47. The molecule has 1 aliphatic rings. The summed E-state index contributed by atoms with van der Waals surface area (Å²) < 4.78 is 8.87. The van der Waals surface area contributed by atoms with E-state index in [9.17, 15) is 5.11 Å². The number of para-hydroxylation sites is 1. The minimum atomic E-state index is -0.820. The Bertz CT molecular complexity index is 1310. The number of rotatable bonds is 5. The number of methoxy groups -OCH3 is 1. The highest BCUT2D eigenvalue weighted by Gasteiger charge is 2.31. The molecule has 3 aromatic heterocycles. The molecule has 2 atom stereocenters. The van der Waals surface area contributed by atoms with Crippen LogP contribution >= 0.6 is 0 Å². The van der Waals surface area contributed by atoms with Crippen LogP contribution in [0, 0.1) is 0 Å². The van der Waals surface area contributed by atoms with E-state index in [1.165, 1.54) is 0 Å². The lowest BCUT2D eigenvalue weighted by Crippen LogP contribution is -2.41. The molecular weight excluding hydrogens is 420 g/mol. The van der Waals surface area contributed by atoms with Gasteiger partial charge in [-0.05, 0) is 45.7 Å². The molecule has 1 fully saturated rings. The van der Waals surface area contributed by atoms with Crippen molar-refractivity contribution in [3.8, 4) is 5.75 Å². The minimum absolute atomic E-state index is 0.152. The average molecular weight is 451 g/mol. The van der Waals surface area contributed by atoms with Crippen LogP contribution in [-0.2, 0) is 6.54 Å². The highest BCUT2D eigenvalue weighted by molar-refractivity contribution is 5.95. The first kappa shape index (κ1) is 21.4. The fourth-order valence-corrected chi connectivity index (χ4v) is 4.64. The van der Waals surface area contributed by atoms with Crippen molar-refractivity contribution in [3.63, 3.8) is 0 Å². The predicted molar refractivity (Wildman–Crippen MR) is 127 cm³/mol. The normalized spacial score (nSPS) is 19.5. The van der Waals surface area contributed by atoms with Crippen molar-refractivity contribution in [3.05, 3.63) is 36.4 Å². The Morgan fingerprint density at radius 3 is 2.82 bits per heavy atom. The van der Waals surface area contributed by atoms with Gasteiger partial charge in [0.05, 0.1) is 31.1 Å². The van der Waals surface area contributed by atoms with Crippen molar-refractivity contribution in [2.75, 3.05) is 24.3 Å². The van der Waals surface area contributed by atoms with Gasteiger partial charge in [-0.15, -0.1) is 5.10 Å². The van der Waals surface area contributed by atoms with Gasteiger partial charge in [0.2, 0.25) is 5.95 Å². The zero-order chi connectivity index (χ0) is 23.3. The SMILES string of the molecule is COc1cccc2c1nc(N)n1nc([C@@H]3CC[C@H](C)N(c4cnn(CC(C)(C)O)c4)C3)nc21. The van der Waals surface area contributed by atoms with Gasteiger partial charge < -0.3 is 20.5 Å². The van der Waals surface area contributed by atoms with Gasteiger partial charge >= 0.3 is 0 Å². The lowest BCUT2D eigenvalue weighted by molar-refractivity contribution is 0.0577. The van der Waals surface area contributed by atoms with Crippen LogP contribution in [0.3, 0.4) is 0 Å². The summed E-state index contributed by atoms with van der Waals surface area (Å²) in [6.45, 7) is 7.00. The number of nitrogens with zero attached hydrogens (tertiary/aromatic N) is 7. The highest BCUT2D eigenvalue weighted by atomic mass is 16.5. The average Bonchev–Trinajstić information content (AvgIpc) is 3.41. The third-order valence-electron chi connectivity index (χ3n) is 6.27. The van der Waals surface area contributed by atoms with Crippen LogP contribution in [0.25, 0.3) is 16.6 Å². The van der Waals surface area contributed by atoms with Crippen molar-refractivity contribution in [1.82, 2.24) is 29.4 Å². The third-order valence-corrected chi connectivity index (χ3v) is 6.27. The number of piperidine rings is 1. The van der Waals surface area contributed by atoms with Gasteiger partial charge in [0.25, 0.3) is 0 Å². The van der Waals surface area contributed by atoms with Gasteiger partial charge in [-0.25, -0.2) is 9.97 Å². The Morgan fingerprint density at radius 2 is 2.06 bits per heavy atom. The largest absolute Gasteiger partial charge is 0.494 e. The Morgan fingerprint density at radius 1 is 1.24 bits per heavy atom. The van der Waals surface area contributed by atoms with Gasteiger partial charge in [0.1, 0.15) is 11.3 Å². The number of aromatic nitrogens is 6. The van der Waals surface area contributed by atoms with Crippen LogP contribution in [0.2, 0.25) is 0 Å². The molecule has 1 aliphatic heterocycles. The summed E-state index contributed by atoms with van der Waals surface area (Å²) in [6, 6.07) is 6.11. The summed E-state index contributed by atoms with van der Waals surface area (Å²) in [4.78, 5) is 11.8. The summed E-state index contributed by atoms with van der Waals surface area (Å²) in [5.74, 6) is 1.86. The second-order valence-electron chi connectivity index (χ2n) is 9.52. The van der Waals surface area contributed by atoms with E-state index in [4.69, 9.17) is 20.6 Å². The van der Waals surface area contributed by atoms with Crippen molar-refractivity contribution in [1.29, 1.82) is 0 Å². The van der Waals surface area contributed by atoms with Crippen LogP contribution < -0.4 is 15.4 Å². The monoisotopic (exact) mass is 450 g/mol. The molecule has 0 spiro atoms. The molecule has 0 unspecified atom stereocenters. The molecule has 3 N–H and O–H groups in total. The molecule has 0 radical (unpaired) electrons. The molecule has 33 heavy (non-hydrogen) atoms. The van der Waals surface area contributed by atoms with Crippen LogP contribution in [0.5, 0.6) is 5.75 Å². The molecule has 0 amide bonds. The fourth-order valence-electron chi connectivity index (χ4n) is 4.64. The molecule has 10 nitrogen and oxygen atoms in total. The number of hydrogen-bond acceptors (Lipinski definition) is 8. The predicted octanol–water partition coefficient (Wildman–Crippen LogP) is 2.61. The van der Waals surface area contributed by atoms with Gasteiger partial charge in [0.15, 0.2) is 11.5 Å². The minimum Gasteiger partial charge on any atom is -0.494 e. The van der Waals surface area contributed by atoms with Crippen LogP contribution in [0.15, 0.2) is 30.6 Å². The van der Waals surface area contributed by atoms with Gasteiger partial charge in [-0.3, -0.25) is 4.68 Å². The zero-order valence-corrected chi connectivity index (χ0v) is 19.4. The number of aliphatic hydroxyl groups is 1. The number of anilines is 2. The van der Waals surface area contributed by atoms with E-state index in [1.54, 1.807) is 30.2 Å². The first-order chi connectivity index (χ1) is 15.7. The summed E-state index contributed by atoms with van der Waals surface area (Å²) in [6.07, 6.45) is 5.86. The first-order valence-corrected chi connectivity index (χ1v) is 11.2. The molecule has 0 saturated carbocycles. The Hall–Kier alpha value is -3.40. The topological polar surface area (TPSA) is 120 Å². The molecule has 5 rings (SSSR count). The third kappa shape index (κ3) is 3.95. The van der Waals surface area contributed by atoms with E-state index in [-0.39, 0.29) is 11.9 Å². The van der Waals surface area contributed by atoms with Crippen molar-refractivity contribution < 1.29 is 9.84 Å². The number of fused-ring (bicyclic) bond motifs is 3. The second kappa shape index (κ2) is 7.87. The van der Waals surface area contributed by atoms with Gasteiger partial charge in [0, 0.05) is 30.1 Å². The Labute approximate surface area is 192 Å². The molecule has 10 heteroatoms. The molecule has 0 aliphatic carbocycles. The van der Waals surface area contributed by atoms with E-state index in [1.807, 2.05) is 30.6 Å². The number of hydrogen-bond donors (Lipinski definition) is 2. The van der Waals surface area contributed by atoms with Crippen LogP contribution in [0.1, 0.15) is 45.4 Å². The molecule has 4 heterocycles. The van der Waals surface area contributed by atoms with E-state index < -0.39 is 5.60 Å². The first-order valence-electron chi connectivity index (χ1n) is 11.2. The van der Waals surface area contributed by atoms with E-state index in [2.05, 4.69) is 21.9 Å². The van der Waals surface area contributed by atoms with Gasteiger partial charge in [-0.2, -0.15) is 9.61 Å². The summed E-state index contributed by atoms with van der Waals surface area (Å²) in [5.41, 5.74) is 7.82. The maximum atomic E-state index is 10.1. The van der Waals surface area contributed by atoms with E-state index >= 15 is 0 Å². The molecule has 0 bridgehead atoms. The van der Waals surface area contributed by atoms with Crippen molar-refractivity contribution in [2.45, 2.75) is 57.7 Å². The highest BCUT2D eigenvalue weighted by Crippen LogP contribution is 2.34. The quantitative estimate of drug-likeness (QED) is 0.476. The van der Waals surface area contributed by atoms with Crippen molar-refractivity contribution in [2.24, 2.45) is 0 Å². The number of nitrogen functional groups attached to an aromatic ring is 1. The number of benzene rings is 1. The molecule has 1 aromatic carbocycles. The fraction of sp³-hybridized carbons (Fsp3) is 0.478. The zero-order valence-electron chi connectivity index (χ0n) is 19.4. The summed E-state index contributed by atoms with van der Waals surface area (Å²) in [5, 5.41) is 20.2. The van der Waals surface area contributed by atoms with Crippen LogP contribution in [0.4, 0.5) is 11.6 Å². The maximum Gasteiger partial charge on any atom is 0.223 e. The van der Waals surface area contributed by atoms with Gasteiger partial charge in [-0.1, -0.05) is 6.07 Å². The van der Waals surface area contributed by atoms with E-state index in [0.717, 1.165) is 36.3 Å². The standard InChI is InChI=1S/C23H30N8O2/c1-14-8-9-15(11-30(14)16-10-25-29(12-16)13-23(2,3)32)20-27-21-17-6-5-7-18(33-4)19(17)26-22(24)31(21)28-20/h5-7,10,12,14-15,32H,8-9,11,13H2,1-4H3,(H2,24,26)/t14-,15+/m0/s1. The molecule has 174 valence electrons. The summed E-state index contributed by atoms with van der Waals surface area (Å²) >= 11 is 0. The Kier molecular flexibility index (Phi) is 5.12. The number of nitrogens with two attached hydrogens (primary N) is 1. The van der Waals surface area contributed by atoms with E-state index in [0.29, 0.717) is 29.5 Å². The maximum absolute atomic E-state index is 10.1.